The number of phenols is 1. The number of thiocarbonyl (C=S) groups is 1. The maximum absolute atomic E-state index is 9.62. The predicted octanol–water partition coefficient (Wildman–Crippen LogP) is -0.168. The Labute approximate surface area is 113 Å². The Morgan fingerprint density at radius 3 is 2.72 bits per heavy atom. The Morgan fingerprint density at radius 2 is 2.17 bits per heavy atom. The van der Waals surface area contributed by atoms with Crippen molar-refractivity contribution in [3.63, 3.8) is 0 Å². The third kappa shape index (κ3) is 4.77. The predicted molar refractivity (Wildman–Crippen MR) is 76.6 cm³/mol. The first-order chi connectivity index (χ1) is 8.52. The van der Waals surface area contributed by atoms with E-state index in [-0.39, 0.29) is 5.75 Å². The van der Waals surface area contributed by atoms with Crippen molar-refractivity contribution in [1.82, 2.24) is 5.32 Å². The van der Waals surface area contributed by atoms with Crippen LogP contribution in [0.15, 0.2) is 18.2 Å². The van der Waals surface area contributed by atoms with Crippen LogP contribution in [0.1, 0.15) is 0 Å². The maximum atomic E-state index is 9.62. The highest BCUT2D eigenvalue weighted by atomic mass is 32.1. The van der Waals surface area contributed by atoms with Crippen LogP contribution in [0, 0.1) is 0 Å². The van der Waals surface area contributed by atoms with E-state index in [9.17, 15) is 5.11 Å². The molecule has 1 aromatic rings. The van der Waals surface area contributed by atoms with E-state index in [1.165, 1.54) is 12.0 Å². The van der Waals surface area contributed by atoms with E-state index in [2.05, 4.69) is 24.7 Å². The van der Waals surface area contributed by atoms with Gasteiger partial charge in [0.2, 0.25) is 0 Å². The molecule has 0 amide bonds. The normalized spacial score (nSPS) is 10.2. The minimum Gasteiger partial charge on any atom is -0.504 e. The molecule has 1 aromatic carbocycles. The third-order valence-corrected chi connectivity index (χ3v) is 2.59. The molecule has 0 saturated carbocycles. The first-order valence-electron chi connectivity index (χ1n) is 5.74. The fraction of sp³-hybridized carbons (Fsp3) is 0.417. The Morgan fingerprint density at radius 1 is 1.44 bits per heavy atom. The number of quaternary nitrogens is 1. The van der Waals surface area contributed by atoms with Crippen molar-refractivity contribution in [1.29, 1.82) is 0 Å². The van der Waals surface area contributed by atoms with Gasteiger partial charge in [0.1, 0.15) is 0 Å². The highest BCUT2D eigenvalue weighted by molar-refractivity contribution is 7.80. The van der Waals surface area contributed by atoms with Gasteiger partial charge in [-0.1, -0.05) is 0 Å². The number of phenolic OH excluding ortho intramolecular Hbond substituents is 1. The first kappa shape index (κ1) is 14.5. The van der Waals surface area contributed by atoms with Crippen LogP contribution in [0.3, 0.4) is 0 Å². The highest BCUT2D eigenvalue weighted by Crippen LogP contribution is 2.28. The summed E-state index contributed by atoms with van der Waals surface area (Å²) >= 11 is 5.15. The molecule has 0 aromatic heterocycles. The van der Waals surface area contributed by atoms with Gasteiger partial charge in [-0.3, -0.25) is 0 Å². The van der Waals surface area contributed by atoms with Gasteiger partial charge in [0, 0.05) is 11.8 Å². The van der Waals surface area contributed by atoms with Crippen molar-refractivity contribution in [2.75, 3.05) is 39.6 Å². The molecular weight excluding hydrogens is 250 g/mol. The molecular formula is C12H20N3O2S+. The molecule has 0 unspecified atom stereocenters. The fourth-order valence-corrected chi connectivity index (χ4v) is 1.59. The molecule has 6 heteroatoms. The Balaban J connectivity index is 2.47. The van der Waals surface area contributed by atoms with E-state index in [1.807, 2.05) is 0 Å². The van der Waals surface area contributed by atoms with Crippen LogP contribution in [0.25, 0.3) is 0 Å². The molecule has 0 saturated heterocycles. The summed E-state index contributed by atoms with van der Waals surface area (Å²) in [4.78, 5) is 1.35. The summed E-state index contributed by atoms with van der Waals surface area (Å²) in [6, 6.07) is 5.05. The van der Waals surface area contributed by atoms with Gasteiger partial charge in [-0.05, 0) is 24.4 Å². The Bertz CT molecular complexity index is 410. The van der Waals surface area contributed by atoms with Gasteiger partial charge in [-0.15, -0.1) is 0 Å². The molecule has 0 heterocycles. The Kier molecular flexibility index (Phi) is 5.67. The zero-order valence-electron chi connectivity index (χ0n) is 10.9. The van der Waals surface area contributed by atoms with Gasteiger partial charge in [0.25, 0.3) is 0 Å². The van der Waals surface area contributed by atoms with Crippen LogP contribution in [0.5, 0.6) is 11.5 Å². The molecule has 4 N–H and O–H groups in total. The van der Waals surface area contributed by atoms with Crippen molar-refractivity contribution in [3.05, 3.63) is 18.2 Å². The number of ether oxygens (including phenoxy) is 1. The smallest absolute Gasteiger partial charge is 0.170 e. The molecule has 0 bridgehead atoms. The van der Waals surface area contributed by atoms with Crippen molar-refractivity contribution in [2.45, 2.75) is 0 Å². The number of benzene rings is 1. The van der Waals surface area contributed by atoms with Crippen LogP contribution in [0.4, 0.5) is 5.69 Å². The van der Waals surface area contributed by atoms with Crippen LogP contribution in [-0.2, 0) is 0 Å². The van der Waals surface area contributed by atoms with E-state index in [4.69, 9.17) is 17.0 Å². The van der Waals surface area contributed by atoms with E-state index in [0.717, 1.165) is 18.8 Å². The fourth-order valence-electron chi connectivity index (χ4n) is 1.37. The second kappa shape index (κ2) is 7.03. The van der Waals surface area contributed by atoms with Crippen LogP contribution in [-0.4, -0.2) is 44.5 Å². The zero-order chi connectivity index (χ0) is 13.5. The number of methoxy groups -OCH3 is 1. The Hall–Kier alpha value is -1.53. The van der Waals surface area contributed by atoms with Crippen molar-refractivity contribution in [2.24, 2.45) is 0 Å². The number of rotatable bonds is 5. The quantitative estimate of drug-likeness (QED) is 0.560. The SMILES string of the molecule is COc1ccc(NC(=S)NCC[NH+](C)C)cc1O. The van der Waals surface area contributed by atoms with Gasteiger partial charge < -0.3 is 25.4 Å². The van der Waals surface area contributed by atoms with E-state index in [0.29, 0.717) is 10.9 Å². The van der Waals surface area contributed by atoms with Crippen LogP contribution in [0.2, 0.25) is 0 Å². The molecule has 0 fully saturated rings. The molecule has 0 aliphatic heterocycles. The molecule has 0 aliphatic rings. The first-order valence-corrected chi connectivity index (χ1v) is 6.14. The van der Waals surface area contributed by atoms with Gasteiger partial charge in [0.15, 0.2) is 16.6 Å². The van der Waals surface area contributed by atoms with Gasteiger partial charge >= 0.3 is 0 Å². The average Bonchev–Trinajstić information content (AvgIpc) is 2.28. The third-order valence-electron chi connectivity index (χ3n) is 2.35. The minimum absolute atomic E-state index is 0.0861. The number of likely N-dealkylation sites (N-methyl/N-ethyl adjacent to an activating group) is 1. The van der Waals surface area contributed by atoms with E-state index >= 15 is 0 Å². The minimum atomic E-state index is 0.0861. The second-order valence-corrected chi connectivity index (χ2v) is 4.63. The summed E-state index contributed by atoms with van der Waals surface area (Å²) in [6.45, 7) is 1.78. The molecule has 0 atom stereocenters. The number of hydrogen-bond acceptors (Lipinski definition) is 3. The summed E-state index contributed by atoms with van der Waals surface area (Å²) in [7, 11) is 5.68. The maximum Gasteiger partial charge on any atom is 0.170 e. The molecule has 0 spiro atoms. The van der Waals surface area contributed by atoms with Gasteiger partial charge in [0.05, 0.1) is 34.3 Å². The van der Waals surface area contributed by atoms with Crippen molar-refractivity contribution in [3.8, 4) is 11.5 Å². The standard InChI is InChI=1S/C12H19N3O2S/c1-15(2)7-6-13-12(18)14-9-4-5-11(17-3)10(16)8-9/h4-5,8,16H,6-7H2,1-3H3,(H2,13,14,18)/p+1. The van der Waals surface area contributed by atoms with Gasteiger partial charge in [-0.2, -0.15) is 0 Å². The zero-order valence-corrected chi connectivity index (χ0v) is 11.7. The van der Waals surface area contributed by atoms with Crippen LogP contribution < -0.4 is 20.3 Å². The largest absolute Gasteiger partial charge is 0.504 e. The van der Waals surface area contributed by atoms with E-state index < -0.39 is 0 Å². The topological polar surface area (TPSA) is 58.0 Å². The lowest BCUT2D eigenvalue weighted by molar-refractivity contribution is -0.856. The van der Waals surface area contributed by atoms with Crippen molar-refractivity contribution >= 4 is 23.0 Å². The number of aromatic hydroxyl groups is 1. The second-order valence-electron chi connectivity index (χ2n) is 4.22. The molecule has 0 radical (unpaired) electrons. The lowest BCUT2D eigenvalue weighted by Crippen LogP contribution is -3.06. The summed E-state index contributed by atoms with van der Waals surface area (Å²) in [6.07, 6.45) is 0. The highest BCUT2D eigenvalue weighted by Gasteiger charge is 2.04. The molecule has 1 rings (SSSR count). The van der Waals surface area contributed by atoms with Gasteiger partial charge in [-0.25, -0.2) is 0 Å². The summed E-state index contributed by atoms with van der Waals surface area (Å²) in [5.41, 5.74) is 0.725. The summed E-state index contributed by atoms with van der Waals surface area (Å²) in [5, 5.41) is 16.3. The van der Waals surface area contributed by atoms with Crippen molar-refractivity contribution < 1.29 is 14.7 Å². The lowest BCUT2D eigenvalue weighted by Gasteiger charge is -2.12. The van der Waals surface area contributed by atoms with Crippen LogP contribution >= 0.6 is 12.2 Å². The average molecular weight is 270 g/mol. The molecule has 100 valence electrons. The van der Waals surface area contributed by atoms with E-state index in [1.54, 1.807) is 18.2 Å². The summed E-state index contributed by atoms with van der Waals surface area (Å²) in [5.74, 6) is 0.527. The number of anilines is 1. The summed E-state index contributed by atoms with van der Waals surface area (Å²) < 4.78 is 4.97. The molecule has 18 heavy (non-hydrogen) atoms. The monoisotopic (exact) mass is 270 g/mol. The molecule has 0 aliphatic carbocycles. The molecule has 5 nitrogen and oxygen atoms in total. The number of nitrogens with one attached hydrogen (secondary N) is 3. The number of hydrogen-bond donors (Lipinski definition) is 4. The lowest BCUT2D eigenvalue weighted by atomic mass is 10.3.